The largest absolute Gasteiger partial charge is 0.508 e. The molecular formula is C41H78O3. The fourth-order valence-electron chi connectivity index (χ4n) is 5.76. The van der Waals surface area contributed by atoms with E-state index in [0.29, 0.717) is 13.2 Å². The lowest BCUT2D eigenvalue weighted by atomic mass is 10.1. The summed E-state index contributed by atoms with van der Waals surface area (Å²) in [6.07, 6.45) is 50.9. The highest BCUT2D eigenvalue weighted by atomic mass is 16.7. The van der Waals surface area contributed by atoms with E-state index in [9.17, 15) is 4.79 Å². The molecule has 0 amide bonds. The molecule has 0 fully saturated rings. The highest BCUT2D eigenvalue weighted by Crippen LogP contribution is 2.13. The summed E-state index contributed by atoms with van der Waals surface area (Å²) < 4.78 is 10.5. The van der Waals surface area contributed by atoms with E-state index in [0.717, 1.165) is 25.7 Å². The van der Waals surface area contributed by atoms with Crippen molar-refractivity contribution in [2.45, 2.75) is 219 Å². The van der Waals surface area contributed by atoms with Crippen LogP contribution in [0.25, 0.3) is 0 Å². The molecule has 44 heavy (non-hydrogen) atoms. The molecule has 0 atom stereocenters. The predicted octanol–water partition coefficient (Wildman–Crippen LogP) is 14.8. The lowest BCUT2D eigenvalue weighted by molar-refractivity contribution is 0.0529. The summed E-state index contributed by atoms with van der Waals surface area (Å²) in [6.45, 7) is 5.56. The third kappa shape index (κ3) is 38.8. The van der Waals surface area contributed by atoms with Gasteiger partial charge in [-0.1, -0.05) is 179 Å². The normalized spacial score (nSPS) is 11.7. The molecule has 0 rings (SSSR count). The Morgan fingerprint density at radius 1 is 0.341 bits per heavy atom. The molecule has 0 spiro atoms. The molecule has 0 aromatic carbocycles. The zero-order valence-corrected chi connectivity index (χ0v) is 30.1. The van der Waals surface area contributed by atoms with E-state index in [1.165, 1.54) is 180 Å². The summed E-state index contributed by atoms with van der Waals surface area (Å²) in [6, 6.07) is 0. The second-order valence-corrected chi connectivity index (χ2v) is 13.2. The van der Waals surface area contributed by atoms with Crippen LogP contribution < -0.4 is 0 Å². The molecule has 3 heteroatoms. The SMILES string of the molecule is CCCCCCCCCC/C=C\CCCCCCCCOC(=O)OCCCCCCCC/C=C\CCCCCCCCCC. The van der Waals surface area contributed by atoms with Gasteiger partial charge in [-0.3, -0.25) is 0 Å². The van der Waals surface area contributed by atoms with Crippen molar-refractivity contribution in [1.29, 1.82) is 0 Å². The van der Waals surface area contributed by atoms with Crippen LogP contribution in [-0.4, -0.2) is 19.4 Å². The zero-order valence-electron chi connectivity index (χ0n) is 30.1. The van der Waals surface area contributed by atoms with Crippen LogP contribution in [0.15, 0.2) is 24.3 Å². The van der Waals surface area contributed by atoms with Gasteiger partial charge in [-0.25, -0.2) is 4.79 Å². The van der Waals surface area contributed by atoms with E-state index >= 15 is 0 Å². The van der Waals surface area contributed by atoms with Crippen molar-refractivity contribution in [2.24, 2.45) is 0 Å². The first-order valence-corrected chi connectivity index (χ1v) is 19.9. The quantitative estimate of drug-likeness (QED) is 0.0398. The van der Waals surface area contributed by atoms with Crippen molar-refractivity contribution in [2.75, 3.05) is 13.2 Å². The summed E-state index contributed by atoms with van der Waals surface area (Å²) in [7, 11) is 0. The molecule has 0 saturated heterocycles. The Morgan fingerprint density at radius 3 is 0.841 bits per heavy atom. The standard InChI is InChI=1S/C41H78O3/c1-3-5-7-9-11-13-15-17-19-21-23-25-27-29-31-33-35-37-39-43-41(42)44-40-38-36-34-32-30-28-26-24-22-20-18-16-14-12-10-8-6-4-2/h21-24H,3-20,25-40H2,1-2H3/b23-21-,24-22-. The van der Waals surface area contributed by atoms with Crippen LogP contribution in [0.1, 0.15) is 219 Å². The van der Waals surface area contributed by atoms with Crippen LogP contribution in [0.4, 0.5) is 4.79 Å². The van der Waals surface area contributed by atoms with E-state index in [2.05, 4.69) is 38.2 Å². The monoisotopic (exact) mass is 619 g/mol. The van der Waals surface area contributed by atoms with Crippen molar-refractivity contribution in [3.8, 4) is 0 Å². The van der Waals surface area contributed by atoms with Gasteiger partial charge in [0, 0.05) is 0 Å². The number of rotatable bonds is 36. The smallest absolute Gasteiger partial charge is 0.434 e. The molecule has 0 aliphatic rings. The Balaban J connectivity index is 3.22. The second kappa shape index (κ2) is 39.8. The summed E-state index contributed by atoms with van der Waals surface area (Å²) in [4.78, 5) is 11.8. The molecule has 0 saturated carbocycles. The van der Waals surface area contributed by atoms with Gasteiger partial charge in [-0.15, -0.1) is 0 Å². The fraction of sp³-hybridized carbons (Fsp3) is 0.878. The molecule has 0 aliphatic carbocycles. The number of unbranched alkanes of at least 4 members (excludes halogenated alkanes) is 28. The van der Waals surface area contributed by atoms with E-state index in [-0.39, 0.29) is 0 Å². The van der Waals surface area contributed by atoms with E-state index in [1.54, 1.807) is 0 Å². The average Bonchev–Trinajstić information content (AvgIpc) is 3.03. The molecule has 0 aromatic rings. The second-order valence-electron chi connectivity index (χ2n) is 13.2. The predicted molar refractivity (Wildman–Crippen MR) is 195 cm³/mol. The van der Waals surface area contributed by atoms with Gasteiger partial charge in [-0.05, 0) is 64.2 Å². The van der Waals surface area contributed by atoms with E-state index in [4.69, 9.17) is 9.47 Å². The van der Waals surface area contributed by atoms with Gasteiger partial charge in [0.2, 0.25) is 0 Å². The number of ether oxygens (including phenoxy) is 2. The number of hydrogen-bond donors (Lipinski definition) is 0. The molecule has 0 N–H and O–H groups in total. The Labute approximate surface area is 276 Å². The zero-order chi connectivity index (χ0) is 31.9. The number of allylic oxidation sites excluding steroid dienone is 4. The molecule has 0 aromatic heterocycles. The van der Waals surface area contributed by atoms with Gasteiger partial charge in [0.15, 0.2) is 0 Å². The highest BCUT2D eigenvalue weighted by molar-refractivity contribution is 5.59. The molecule has 260 valence electrons. The van der Waals surface area contributed by atoms with Gasteiger partial charge < -0.3 is 9.47 Å². The van der Waals surface area contributed by atoms with E-state index < -0.39 is 6.16 Å². The molecule has 0 aliphatic heterocycles. The minimum Gasteiger partial charge on any atom is -0.434 e. The van der Waals surface area contributed by atoms with E-state index in [1.807, 2.05) is 0 Å². The lowest BCUT2D eigenvalue weighted by Gasteiger charge is -2.06. The van der Waals surface area contributed by atoms with Crippen molar-refractivity contribution in [1.82, 2.24) is 0 Å². The molecule has 3 nitrogen and oxygen atoms in total. The van der Waals surface area contributed by atoms with Gasteiger partial charge >= 0.3 is 6.16 Å². The summed E-state index contributed by atoms with van der Waals surface area (Å²) in [5.41, 5.74) is 0. The minimum atomic E-state index is -0.484. The highest BCUT2D eigenvalue weighted by Gasteiger charge is 2.03. The maximum atomic E-state index is 11.8. The van der Waals surface area contributed by atoms with Gasteiger partial charge in [0.25, 0.3) is 0 Å². The van der Waals surface area contributed by atoms with Gasteiger partial charge in [-0.2, -0.15) is 0 Å². The van der Waals surface area contributed by atoms with Crippen LogP contribution in [-0.2, 0) is 9.47 Å². The number of hydrogen-bond acceptors (Lipinski definition) is 3. The summed E-state index contributed by atoms with van der Waals surface area (Å²) in [5.74, 6) is 0. The molecule has 0 heterocycles. The number of carbonyl (C=O) groups excluding carboxylic acids is 1. The van der Waals surface area contributed by atoms with Crippen LogP contribution in [0, 0.1) is 0 Å². The lowest BCUT2D eigenvalue weighted by Crippen LogP contribution is -2.09. The first-order chi connectivity index (χ1) is 21.8. The Kier molecular flexibility index (Phi) is 38.6. The fourth-order valence-corrected chi connectivity index (χ4v) is 5.76. The van der Waals surface area contributed by atoms with Crippen LogP contribution >= 0.6 is 0 Å². The summed E-state index contributed by atoms with van der Waals surface area (Å²) >= 11 is 0. The maximum absolute atomic E-state index is 11.8. The topological polar surface area (TPSA) is 35.5 Å². The first kappa shape index (κ1) is 42.8. The van der Waals surface area contributed by atoms with Crippen molar-refractivity contribution < 1.29 is 14.3 Å². The molecular weight excluding hydrogens is 540 g/mol. The Bertz CT molecular complexity index is 547. The first-order valence-electron chi connectivity index (χ1n) is 19.9. The van der Waals surface area contributed by atoms with Crippen molar-refractivity contribution in [3.63, 3.8) is 0 Å². The summed E-state index contributed by atoms with van der Waals surface area (Å²) in [5, 5.41) is 0. The third-order valence-electron chi connectivity index (χ3n) is 8.75. The van der Waals surface area contributed by atoms with Crippen LogP contribution in [0.2, 0.25) is 0 Å². The van der Waals surface area contributed by atoms with Crippen LogP contribution in [0.5, 0.6) is 0 Å². The third-order valence-corrected chi connectivity index (χ3v) is 8.75. The van der Waals surface area contributed by atoms with Crippen LogP contribution in [0.3, 0.4) is 0 Å². The van der Waals surface area contributed by atoms with Crippen molar-refractivity contribution in [3.05, 3.63) is 24.3 Å². The maximum Gasteiger partial charge on any atom is 0.508 e. The minimum absolute atomic E-state index is 0.484. The van der Waals surface area contributed by atoms with Gasteiger partial charge in [0.1, 0.15) is 0 Å². The Morgan fingerprint density at radius 2 is 0.568 bits per heavy atom. The average molecular weight is 619 g/mol. The van der Waals surface area contributed by atoms with Crippen molar-refractivity contribution >= 4 is 6.16 Å². The molecule has 0 bridgehead atoms. The molecule has 0 unspecified atom stereocenters. The number of carbonyl (C=O) groups is 1. The van der Waals surface area contributed by atoms with Gasteiger partial charge in [0.05, 0.1) is 13.2 Å². The Hall–Kier alpha value is -1.25. The molecule has 0 radical (unpaired) electrons.